The van der Waals surface area contributed by atoms with Crippen LogP contribution in [0.4, 0.5) is 22.7 Å². The average molecular weight is 699 g/mol. The SMILES string of the molecule is O=S(=O)(O)c1cc(O)c2c(N=Nc3ccc(Nc4ccccc4)c4c(S(=O)(=O)O)cccc34)cc(S(=O)(=O)O)cc2c1.[Na+].[Na+].[Na+]. The molecule has 0 atom stereocenters. The molecule has 0 amide bonds. The van der Waals surface area contributed by atoms with Gasteiger partial charge in [0.05, 0.1) is 26.6 Å². The number of azo groups is 1. The monoisotopic (exact) mass is 698 g/mol. The minimum atomic E-state index is -4.85. The molecule has 0 radical (unpaired) electrons. The molecule has 0 aliphatic heterocycles. The summed E-state index contributed by atoms with van der Waals surface area (Å²) in [5, 5.41) is 21.7. The Bertz CT molecular complexity index is 2270. The van der Waals surface area contributed by atoms with Crippen LogP contribution in [0.25, 0.3) is 21.5 Å². The molecule has 5 aromatic rings. The number of phenols is 1. The Balaban J connectivity index is 0.00000235. The minimum absolute atomic E-state index is 0. The summed E-state index contributed by atoms with van der Waals surface area (Å²) in [4.78, 5) is -1.88. The first-order valence-corrected chi connectivity index (χ1v) is 16.0. The fraction of sp³-hybridized carbons (Fsp3) is 0. The molecule has 0 aromatic heterocycles. The molecule has 0 spiro atoms. The topological polar surface area (TPSA) is 220 Å². The van der Waals surface area contributed by atoms with Crippen LogP contribution in [0.5, 0.6) is 5.75 Å². The van der Waals surface area contributed by atoms with Crippen molar-refractivity contribution >= 4 is 74.6 Å². The predicted molar refractivity (Wildman–Crippen MR) is 153 cm³/mol. The van der Waals surface area contributed by atoms with E-state index < -0.39 is 50.8 Å². The third-order valence-corrected chi connectivity index (χ3v) is 8.68. The number of rotatable bonds is 7. The van der Waals surface area contributed by atoms with Gasteiger partial charge in [-0.3, -0.25) is 13.7 Å². The van der Waals surface area contributed by atoms with Crippen LogP contribution in [0.2, 0.25) is 0 Å². The smallest absolute Gasteiger partial charge is 0.507 e. The van der Waals surface area contributed by atoms with Gasteiger partial charge in [0.1, 0.15) is 10.6 Å². The fourth-order valence-corrected chi connectivity index (χ4v) is 6.14. The molecule has 0 unspecified atom stereocenters. The Morgan fingerprint density at radius 2 is 1.16 bits per heavy atom. The summed E-state index contributed by atoms with van der Waals surface area (Å²) in [7, 11) is -14.4. The van der Waals surface area contributed by atoms with Crippen molar-refractivity contribution in [2.24, 2.45) is 10.2 Å². The number of phenolic OH excluding ortho intramolecular Hbond substituents is 1. The van der Waals surface area contributed by atoms with Gasteiger partial charge < -0.3 is 10.4 Å². The molecule has 0 fully saturated rings. The molecule has 0 aliphatic rings. The number of benzene rings is 5. The first kappa shape index (κ1) is 39.7. The average Bonchev–Trinajstić information content (AvgIpc) is 2.90. The van der Waals surface area contributed by atoms with E-state index in [4.69, 9.17) is 0 Å². The van der Waals surface area contributed by atoms with Crippen molar-refractivity contribution in [3.63, 3.8) is 0 Å². The van der Waals surface area contributed by atoms with E-state index in [1.165, 1.54) is 30.3 Å². The van der Waals surface area contributed by atoms with E-state index in [0.29, 0.717) is 11.4 Å². The van der Waals surface area contributed by atoms with E-state index in [1.54, 1.807) is 30.3 Å². The molecular formula is C26H19N3Na3O10S3+3. The third-order valence-electron chi connectivity index (χ3n) is 6.13. The minimum Gasteiger partial charge on any atom is -0.507 e. The molecule has 0 aliphatic carbocycles. The Labute approximate surface area is 324 Å². The van der Waals surface area contributed by atoms with Crippen molar-refractivity contribution < 1.29 is 133 Å². The van der Waals surface area contributed by atoms with Crippen molar-refractivity contribution in [2.45, 2.75) is 14.7 Å². The van der Waals surface area contributed by atoms with Gasteiger partial charge in [-0.15, -0.1) is 10.2 Å². The zero-order chi connectivity index (χ0) is 30.4. The molecule has 216 valence electrons. The van der Waals surface area contributed by atoms with Crippen LogP contribution in [0.1, 0.15) is 0 Å². The Hall–Kier alpha value is -1.45. The predicted octanol–water partition coefficient (Wildman–Crippen LogP) is -3.39. The second-order valence-corrected chi connectivity index (χ2v) is 13.1. The van der Waals surface area contributed by atoms with Gasteiger partial charge in [0.15, 0.2) is 0 Å². The number of anilines is 2. The molecule has 5 N–H and O–H groups in total. The number of hydrogen-bond donors (Lipinski definition) is 5. The van der Waals surface area contributed by atoms with Gasteiger partial charge >= 0.3 is 88.7 Å². The number of nitrogens with zero attached hydrogens (tertiary/aromatic N) is 2. The van der Waals surface area contributed by atoms with Crippen LogP contribution in [0, 0.1) is 0 Å². The normalized spacial score (nSPS) is 11.9. The van der Waals surface area contributed by atoms with Crippen LogP contribution < -0.4 is 94.0 Å². The summed E-state index contributed by atoms with van der Waals surface area (Å²) in [5.74, 6) is -0.697. The van der Waals surface area contributed by atoms with E-state index in [0.717, 1.165) is 24.3 Å². The zero-order valence-electron chi connectivity index (χ0n) is 23.9. The van der Waals surface area contributed by atoms with Crippen LogP contribution in [0.3, 0.4) is 0 Å². The summed E-state index contributed by atoms with van der Waals surface area (Å²) in [6.07, 6.45) is 0. The van der Waals surface area contributed by atoms with Gasteiger partial charge in [0.2, 0.25) is 0 Å². The van der Waals surface area contributed by atoms with Crippen molar-refractivity contribution in [3.8, 4) is 5.75 Å². The molecule has 0 saturated carbocycles. The quantitative estimate of drug-likeness (QED) is 0.0641. The molecule has 0 bridgehead atoms. The second-order valence-electron chi connectivity index (χ2n) is 8.91. The summed E-state index contributed by atoms with van der Waals surface area (Å²) in [6, 6.07) is 19.2. The first-order valence-electron chi connectivity index (χ1n) is 11.7. The Morgan fingerprint density at radius 1 is 0.578 bits per heavy atom. The standard InChI is InChI=1S/C26H19N3O10S3.3Na/c30-23-14-18(41(34,35)36)12-15-11-17(40(31,32)33)13-22(25(15)23)29-28-20-9-10-21(27-16-5-2-1-3-6-16)26-19(20)7-4-8-24(26)42(37,38)39;;;/h1-14,27,30H,(H,31,32,33)(H,34,35,36)(H,37,38,39);;;/q;3*+1. The van der Waals surface area contributed by atoms with Gasteiger partial charge in [0, 0.05) is 28.2 Å². The van der Waals surface area contributed by atoms with Crippen LogP contribution in [-0.4, -0.2) is 44.0 Å². The van der Waals surface area contributed by atoms with E-state index in [-0.39, 0.29) is 122 Å². The number of nitrogens with one attached hydrogen (secondary N) is 1. The van der Waals surface area contributed by atoms with Crippen molar-refractivity contribution in [1.29, 1.82) is 0 Å². The maximum Gasteiger partial charge on any atom is 1.00 e. The van der Waals surface area contributed by atoms with Crippen LogP contribution >= 0.6 is 0 Å². The Morgan fingerprint density at radius 3 is 1.73 bits per heavy atom. The number of aromatic hydroxyl groups is 1. The maximum atomic E-state index is 12.3. The van der Waals surface area contributed by atoms with Gasteiger partial charge in [-0.05, 0) is 53.9 Å². The number of fused-ring (bicyclic) bond motifs is 2. The molecule has 0 heterocycles. The van der Waals surface area contributed by atoms with E-state index in [2.05, 4.69) is 15.5 Å². The molecule has 5 aromatic carbocycles. The van der Waals surface area contributed by atoms with E-state index in [9.17, 15) is 44.0 Å². The molecular weight excluding hydrogens is 679 g/mol. The summed E-state index contributed by atoms with van der Waals surface area (Å²) in [6.45, 7) is 0. The number of hydrogen-bond acceptors (Lipinski definition) is 10. The summed E-state index contributed by atoms with van der Waals surface area (Å²) < 4.78 is 101. The summed E-state index contributed by atoms with van der Waals surface area (Å²) >= 11 is 0. The second kappa shape index (κ2) is 15.2. The molecule has 13 nitrogen and oxygen atoms in total. The van der Waals surface area contributed by atoms with E-state index >= 15 is 0 Å². The fourth-order valence-electron chi connectivity index (χ4n) is 4.34. The van der Waals surface area contributed by atoms with Crippen molar-refractivity contribution in [3.05, 3.63) is 84.9 Å². The third kappa shape index (κ3) is 8.92. The van der Waals surface area contributed by atoms with E-state index in [1.807, 2.05) is 0 Å². The Kier molecular flexibility index (Phi) is 13.4. The van der Waals surface area contributed by atoms with Crippen molar-refractivity contribution in [1.82, 2.24) is 0 Å². The molecule has 45 heavy (non-hydrogen) atoms. The molecule has 5 rings (SSSR count). The largest absolute Gasteiger partial charge is 1.00 e. The van der Waals surface area contributed by atoms with Gasteiger partial charge in [0.25, 0.3) is 30.4 Å². The van der Waals surface area contributed by atoms with Crippen LogP contribution in [0.15, 0.2) is 110 Å². The van der Waals surface area contributed by atoms with Gasteiger partial charge in [-0.2, -0.15) is 25.3 Å². The zero-order valence-corrected chi connectivity index (χ0v) is 32.4. The first-order chi connectivity index (χ1) is 19.6. The van der Waals surface area contributed by atoms with Crippen molar-refractivity contribution in [2.75, 3.05) is 5.32 Å². The van der Waals surface area contributed by atoms with Gasteiger partial charge in [-0.25, -0.2) is 0 Å². The summed E-state index contributed by atoms with van der Waals surface area (Å²) in [5.41, 5.74) is 0.669. The molecule has 0 saturated heterocycles. The van der Waals surface area contributed by atoms with Crippen LogP contribution in [-0.2, 0) is 30.4 Å². The number of para-hydroxylation sites is 1. The molecule has 19 heteroatoms. The van der Waals surface area contributed by atoms with Gasteiger partial charge in [-0.1, -0.05) is 30.3 Å². The maximum absolute atomic E-state index is 12.3.